The summed E-state index contributed by atoms with van der Waals surface area (Å²) in [6.07, 6.45) is 0. The van der Waals surface area contributed by atoms with Crippen molar-refractivity contribution in [2.24, 2.45) is 0 Å². The zero-order chi connectivity index (χ0) is 11.1. The van der Waals surface area contributed by atoms with Gasteiger partial charge in [0.1, 0.15) is 0 Å². The molecule has 0 aliphatic carbocycles. The van der Waals surface area contributed by atoms with Gasteiger partial charge in [0.05, 0.1) is 0 Å². The number of hydrogen-bond acceptors (Lipinski definition) is 1. The van der Waals surface area contributed by atoms with Crippen LogP contribution in [0.2, 0.25) is 0 Å². The maximum atomic E-state index is 12.7. The van der Waals surface area contributed by atoms with Crippen LogP contribution in [0.5, 0.6) is 0 Å². The first kappa shape index (κ1) is 13.0. The Balaban J connectivity index is 0.000000791. The molecule has 80 valence electrons. The standard InChI is InChI=1S/C9H11F2N.C2H6/c1-6(12-2)7-3-4-8(10)9(11)5-7;1-2/h3-6,12H,1-2H3;1-2H3/t6-;/m0./s1. The van der Waals surface area contributed by atoms with E-state index < -0.39 is 11.6 Å². The second kappa shape index (κ2) is 6.49. The lowest BCUT2D eigenvalue weighted by atomic mass is 10.1. The fraction of sp³-hybridized carbons (Fsp3) is 0.455. The molecule has 1 aromatic rings. The molecule has 1 N–H and O–H groups in total. The Kier molecular flexibility index (Phi) is 6.04. The molecule has 0 amide bonds. The second-order valence-electron chi connectivity index (χ2n) is 2.68. The van der Waals surface area contributed by atoms with Crippen LogP contribution in [0.3, 0.4) is 0 Å². The minimum atomic E-state index is -0.804. The first-order chi connectivity index (χ1) is 6.65. The maximum Gasteiger partial charge on any atom is 0.159 e. The highest BCUT2D eigenvalue weighted by Crippen LogP contribution is 2.14. The summed E-state index contributed by atoms with van der Waals surface area (Å²) in [6.45, 7) is 5.88. The summed E-state index contributed by atoms with van der Waals surface area (Å²) in [7, 11) is 1.77. The average molecular weight is 201 g/mol. The lowest BCUT2D eigenvalue weighted by Gasteiger charge is -2.09. The SMILES string of the molecule is CC.CN[C@@H](C)c1ccc(F)c(F)c1. The second-order valence-corrected chi connectivity index (χ2v) is 2.68. The first-order valence-electron chi connectivity index (χ1n) is 4.77. The molecule has 0 saturated heterocycles. The van der Waals surface area contributed by atoms with E-state index in [-0.39, 0.29) is 6.04 Å². The molecule has 1 aromatic carbocycles. The van der Waals surface area contributed by atoms with Crippen LogP contribution in [0.1, 0.15) is 32.4 Å². The Morgan fingerprint density at radius 3 is 2.14 bits per heavy atom. The van der Waals surface area contributed by atoms with Crippen LogP contribution in [-0.2, 0) is 0 Å². The topological polar surface area (TPSA) is 12.0 Å². The van der Waals surface area contributed by atoms with E-state index in [0.717, 1.165) is 11.6 Å². The van der Waals surface area contributed by atoms with Gasteiger partial charge in [-0.05, 0) is 31.7 Å². The van der Waals surface area contributed by atoms with Gasteiger partial charge in [-0.15, -0.1) is 0 Å². The van der Waals surface area contributed by atoms with Crippen LogP contribution in [0.15, 0.2) is 18.2 Å². The van der Waals surface area contributed by atoms with Gasteiger partial charge < -0.3 is 5.32 Å². The number of nitrogens with one attached hydrogen (secondary N) is 1. The van der Waals surface area contributed by atoms with E-state index in [2.05, 4.69) is 5.32 Å². The van der Waals surface area contributed by atoms with Crippen molar-refractivity contribution in [3.8, 4) is 0 Å². The molecule has 14 heavy (non-hydrogen) atoms. The van der Waals surface area contributed by atoms with Gasteiger partial charge in [-0.2, -0.15) is 0 Å². The highest BCUT2D eigenvalue weighted by atomic mass is 19.2. The van der Waals surface area contributed by atoms with Crippen molar-refractivity contribution in [2.45, 2.75) is 26.8 Å². The molecule has 0 radical (unpaired) electrons. The van der Waals surface area contributed by atoms with E-state index >= 15 is 0 Å². The van der Waals surface area contributed by atoms with Crippen molar-refractivity contribution >= 4 is 0 Å². The van der Waals surface area contributed by atoms with Crippen LogP contribution < -0.4 is 5.32 Å². The predicted molar refractivity (Wildman–Crippen MR) is 55.2 cm³/mol. The largest absolute Gasteiger partial charge is 0.313 e. The zero-order valence-electron chi connectivity index (χ0n) is 9.07. The predicted octanol–water partition coefficient (Wildman–Crippen LogP) is 3.27. The Bertz CT molecular complexity index is 274. The summed E-state index contributed by atoms with van der Waals surface area (Å²) in [5.74, 6) is -1.60. The number of rotatable bonds is 2. The molecule has 1 nitrogen and oxygen atoms in total. The Hall–Kier alpha value is -0.960. The lowest BCUT2D eigenvalue weighted by molar-refractivity contribution is 0.504. The molecule has 0 fully saturated rings. The monoisotopic (exact) mass is 201 g/mol. The molecule has 0 saturated carbocycles. The van der Waals surface area contributed by atoms with Crippen molar-refractivity contribution in [3.05, 3.63) is 35.4 Å². The number of hydrogen-bond donors (Lipinski definition) is 1. The third kappa shape index (κ3) is 3.42. The van der Waals surface area contributed by atoms with E-state index in [0.29, 0.717) is 0 Å². The zero-order valence-corrected chi connectivity index (χ0v) is 9.07. The summed E-state index contributed by atoms with van der Waals surface area (Å²) in [4.78, 5) is 0. The molecule has 0 aliphatic heterocycles. The third-order valence-corrected chi connectivity index (χ3v) is 1.88. The van der Waals surface area contributed by atoms with Crippen LogP contribution >= 0.6 is 0 Å². The van der Waals surface area contributed by atoms with E-state index in [9.17, 15) is 8.78 Å². The van der Waals surface area contributed by atoms with Gasteiger partial charge in [0.15, 0.2) is 11.6 Å². The minimum absolute atomic E-state index is 0.0418. The van der Waals surface area contributed by atoms with Gasteiger partial charge >= 0.3 is 0 Å². The first-order valence-corrected chi connectivity index (χ1v) is 4.77. The molecule has 1 atom stereocenters. The summed E-state index contributed by atoms with van der Waals surface area (Å²) < 4.78 is 25.1. The minimum Gasteiger partial charge on any atom is -0.313 e. The Morgan fingerprint density at radius 2 is 1.71 bits per heavy atom. The van der Waals surface area contributed by atoms with Crippen molar-refractivity contribution in [3.63, 3.8) is 0 Å². The molecule has 0 unspecified atom stereocenters. The van der Waals surface area contributed by atoms with Gasteiger partial charge in [0, 0.05) is 6.04 Å². The number of halogens is 2. The van der Waals surface area contributed by atoms with Gasteiger partial charge in [0.2, 0.25) is 0 Å². The molecular weight excluding hydrogens is 184 g/mol. The van der Waals surface area contributed by atoms with Crippen molar-refractivity contribution < 1.29 is 8.78 Å². The van der Waals surface area contributed by atoms with Crippen LogP contribution in [0.4, 0.5) is 8.78 Å². The van der Waals surface area contributed by atoms with Gasteiger partial charge in [-0.25, -0.2) is 8.78 Å². The van der Waals surface area contributed by atoms with Crippen molar-refractivity contribution in [1.82, 2.24) is 5.32 Å². The molecular formula is C11H17F2N. The van der Waals surface area contributed by atoms with Gasteiger partial charge in [-0.3, -0.25) is 0 Å². The van der Waals surface area contributed by atoms with E-state index in [1.165, 1.54) is 6.07 Å². The quantitative estimate of drug-likeness (QED) is 0.774. The summed E-state index contributed by atoms with van der Waals surface area (Å²) in [5.41, 5.74) is 0.747. The molecule has 1 rings (SSSR count). The molecule has 0 aromatic heterocycles. The van der Waals surface area contributed by atoms with Crippen LogP contribution in [0.25, 0.3) is 0 Å². The normalized spacial score (nSPS) is 11.6. The van der Waals surface area contributed by atoms with Crippen molar-refractivity contribution in [2.75, 3.05) is 7.05 Å². The smallest absolute Gasteiger partial charge is 0.159 e. The van der Waals surface area contributed by atoms with Crippen molar-refractivity contribution in [1.29, 1.82) is 0 Å². The maximum absolute atomic E-state index is 12.7. The average Bonchev–Trinajstić information content (AvgIpc) is 2.24. The summed E-state index contributed by atoms with van der Waals surface area (Å²) in [6, 6.07) is 3.95. The fourth-order valence-electron chi connectivity index (χ4n) is 0.948. The lowest BCUT2D eigenvalue weighted by Crippen LogP contribution is -2.12. The highest BCUT2D eigenvalue weighted by molar-refractivity contribution is 5.20. The third-order valence-electron chi connectivity index (χ3n) is 1.88. The summed E-state index contributed by atoms with van der Waals surface area (Å²) in [5, 5.41) is 2.94. The van der Waals surface area contributed by atoms with E-state index in [1.54, 1.807) is 13.1 Å². The van der Waals surface area contributed by atoms with Crippen LogP contribution in [0, 0.1) is 11.6 Å². The molecule has 0 heterocycles. The van der Waals surface area contributed by atoms with Gasteiger partial charge in [0.25, 0.3) is 0 Å². The Morgan fingerprint density at radius 1 is 1.14 bits per heavy atom. The Labute approximate surface area is 84.1 Å². The molecule has 3 heteroatoms. The molecule has 0 spiro atoms. The van der Waals surface area contributed by atoms with Crippen LogP contribution in [-0.4, -0.2) is 7.05 Å². The fourth-order valence-corrected chi connectivity index (χ4v) is 0.948. The molecule has 0 aliphatic rings. The van der Waals surface area contributed by atoms with Gasteiger partial charge in [-0.1, -0.05) is 19.9 Å². The summed E-state index contributed by atoms with van der Waals surface area (Å²) >= 11 is 0. The van der Waals surface area contributed by atoms with E-state index in [4.69, 9.17) is 0 Å². The van der Waals surface area contributed by atoms with E-state index in [1.807, 2.05) is 20.8 Å². The molecule has 0 bridgehead atoms. The highest BCUT2D eigenvalue weighted by Gasteiger charge is 2.06. The number of benzene rings is 1.